The Balaban J connectivity index is 1.69. The van der Waals surface area contributed by atoms with E-state index in [1.165, 1.54) is 43.0 Å². The maximum absolute atomic E-state index is 13.0. The maximum atomic E-state index is 13.0. The van der Waals surface area contributed by atoms with Crippen molar-refractivity contribution >= 4 is 34.9 Å². The fraction of sp³-hybridized carbons (Fsp3) is 0.300. The molecule has 0 fully saturated rings. The highest BCUT2D eigenvalue weighted by Gasteiger charge is 2.45. The first-order chi connectivity index (χ1) is 14.6. The van der Waals surface area contributed by atoms with Gasteiger partial charge in [0.15, 0.2) is 23.7 Å². The Kier molecular flexibility index (Phi) is 4.60. The molecule has 1 aromatic heterocycles. The number of ether oxygens (including phenoxy) is 2. The zero-order valence-corrected chi connectivity index (χ0v) is 16.9. The van der Waals surface area contributed by atoms with Crippen LogP contribution in [-0.4, -0.2) is 53.3 Å². The summed E-state index contributed by atoms with van der Waals surface area (Å²) in [7, 11) is 1.57. The third-order valence-corrected chi connectivity index (χ3v) is 5.06. The molecule has 0 N–H and O–H groups in total. The van der Waals surface area contributed by atoms with Gasteiger partial charge >= 0.3 is 5.82 Å². The van der Waals surface area contributed by atoms with Gasteiger partial charge < -0.3 is 24.5 Å². The molecule has 0 unspecified atom stereocenters. The largest absolute Gasteiger partial charge is 0.482 e. The first-order valence-corrected chi connectivity index (χ1v) is 9.31. The predicted molar refractivity (Wildman–Crippen MR) is 108 cm³/mol. The molecule has 31 heavy (non-hydrogen) atoms. The van der Waals surface area contributed by atoms with Crippen molar-refractivity contribution in [3.8, 4) is 11.5 Å². The predicted octanol–water partition coefficient (Wildman–Crippen LogP) is 1.73. The minimum atomic E-state index is -1.29. The molecule has 0 saturated heterocycles. The second-order valence-electron chi connectivity index (χ2n) is 7.60. The van der Waals surface area contributed by atoms with Crippen molar-refractivity contribution in [1.29, 1.82) is 0 Å². The molecule has 0 aliphatic carbocycles. The summed E-state index contributed by atoms with van der Waals surface area (Å²) in [5.41, 5.74) is -0.612. The molecule has 2 aliphatic heterocycles. The highest BCUT2D eigenvalue weighted by atomic mass is 16.6. The van der Waals surface area contributed by atoms with Crippen LogP contribution >= 0.6 is 0 Å². The summed E-state index contributed by atoms with van der Waals surface area (Å²) >= 11 is 0. The number of nitrogens with zero attached hydrogens (tertiary/aromatic N) is 4. The third kappa shape index (κ3) is 3.43. The lowest BCUT2D eigenvalue weighted by Gasteiger charge is -2.35. The van der Waals surface area contributed by atoms with Crippen molar-refractivity contribution in [2.45, 2.75) is 19.4 Å². The average Bonchev–Trinajstić information content (AvgIpc) is 2.73. The lowest BCUT2D eigenvalue weighted by atomic mass is 10.0. The second-order valence-corrected chi connectivity index (χ2v) is 7.60. The number of Topliss-reactive ketones (excluding diaryl/α,β-unsaturated/α-hetero) is 1. The van der Waals surface area contributed by atoms with Gasteiger partial charge in [-0.15, -0.1) is 0 Å². The topological polar surface area (TPSA) is 132 Å². The van der Waals surface area contributed by atoms with Gasteiger partial charge in [0, 0.05) is 18.7 Å². The molecule has 11 nitrogen and oxygen atoms in total. The van der Waals surface area contributed by atoms with E-state index in [9.17, 15) is 24.5 Å². The van der Waals surface area contributed by atoms with Crippen LogP contribution in [0.1, 0.15) is 24.2 Å². The first kappa shape index (κ1) is 20.3. The Labute approximate surface area is 176 Å². The Hall–Kier alpha value is -4.02. The summed E-state index contributed by atoms with van der Waals surface area (Å²) in [5.74, 6) is -1.21. The molecule has 2 aliphatic rings. The number of nitro groups is 1. The third-order valence-electron chi connectivity index (χ3n) is 5.06. The lowest BCUT2D eigenvalue weighted by Crippen LogP contribution is -2.54. The normalized spacial score (nSPS) is 16.7. The van der Waals surface area contributed by atoms with Crippen LogP contribution in [0.25, 0.3) is 0 Å². The first-order valence-electron chi connectivity index (χ1n) is 9.31. The molecule has 0 radical (unpaired) electrons. The van der Waals surface area contributed by atoms with Crippen LogP contribution < -0.4 is 19.3 Å². The molecule has 160 valence electrons. The number of hydrogen-bond acceptors (Lipinski definition) is 8. The van der Waals surface area contributed by atoms with E-state index in [0.29, 0.717) is 11.4 Å². The van der Waals surface area contributed by atoms with E-state index in [1.54, 1.807) is 13.1 Å². The standard InChI is InChI=1S/C20H18N4O7/c1-20(2)19(27)23(18-15(31-20)6-7-16(21-18)24(28)29)9-13(25)11-4-5-14-12(8-11)22(3)17(26)10-30-14/h4-8H,9-10H2,1-3H3. The van der Waals surface area contributed by atoms with Crippen molar-refractivity contribution in [2.75, 3.05) is 30.0 Å². The van der Waals surface area contributed by atoms with Gasteiger partial charge in [0.05, 0.1) is 12.2 Å². The molecule has 0 spiro atoms. The number of carbonyl (C=O) groups is 3. The monoisotopic (exact) mass is 426 g/mol. The summed E-state index contributed by atoms with van der Waals surface area (Å²) in [6.45, 7) is 2.57. The highest BCUT2D eigenvalue weighted by Crippen LogP contribution is 2.38. The maximum Gasteiger partial charge on any atom is 0.366 e. The fourth-order valence-electron chi connectivity index (χ4n) is 3.37. The molecule has 0 bridgehead atoms. The number of ketones is 1. The minimum Gasteiger partial charge on any atom is -0.482 e. The SMILES string of the molecule is CN1C(=O)COc2ccc(C(=O)CN3C(=O)C(C)(C)Oc4ccc([N+](=O)[O-])nc43)cc21. The lowest BCUT2D eigenvalue weighted by molar-refractivity contribution is -0.389. The summed E-state index contributed by atoms with van der Waals surface area (Å²) in [5, 5.41) is 11.1. The van der Waals surface area contributed by atoms with Crippen LogP contribution in [0, 0.1) is 10.1 Å². The van der Waals surface area contributed by atoms with E-state index < -0.39 is 34.6 Å². The van der Waals surface area contributed by atoms with Crippen LogP contribution in [0.15, 0.2) is 30.3 Å². The number of anilines is 2. The number of benzene rings is 1. The van der Waals surface area contributed by atoms with Gasteiger partial charge in [0.2, 0.25) is 0 Å². The van der Waals surface area contributed by atoms with Crippen LogP contribution in [0.4, 0.5) is 17.3 Å². The van der Waals surface area contributed by atoms with Crippen molar-refractivity contribution in [2.24, 2.45) is 0 Å². The van der Waals surface area contributed by atoms with E-state index in [2.05, 4.69) is 4.98 Å². The van der Waals surface area contributed by atoms with E-state index in [1.807, 2.05) is 0 Å². The molecule has 2 aromatic rings. The fourth-order valence-corrected chi connectivity index (χ4v) is 3.37. The van der Waals surface area contributed by atoms with E-state index >= 15 is 0 Å². The van der Waals surface area contributed by atoms with Crippen LogP contribution in [-0.2, 0) is 9.59 Å². The van der Waals surface area contributed by atoms with Gasteiger partial charge in [-0.05, 0) is 48.0 Å². The summed E-state index contributed by atoms with van der Waals surface area (Å²) in [6, 6.07) is 7.13. The Morgan fingerprint density at radius 2 is 1.94 bits per heavy atom. The Bertz CT molecular complexity index is 1140. The number of likely N-dealkylation sites (N-methyl/N-ethyl adjacent to an activating group) is 1. The number of rotatable bonds is 4. The number of carbonyl (C=O) groups excluding carboxylic acids is 3. The zero-order valence-electron chi connectivity index (χ0n) is 16.9. The molecule has 2 amide bonds. The minimum absolute atomic E-state index is 0.0879. The number of aromatic nitrogens is 1. The number of fused-ring (bicyclic) bond motifs is 2. The molecule has 1 aromatic carbocycles. The average molecular weight is 426 g/mol. The number of pyridine rings is 1. The van der Waals surface area contributed by atoms with Gasteiger partial charge in [-0.25, -0.2) is 0 Å². The molecule has 3 heterocycles. The quantitative estimate of drug-likeness (QED) is 0.410. The van der Waals surface area contributed by atoms with Crippen molar-refractivity contribution < 1.29 is 28.8 Å². The van der Waals surface area contributed by atoms with Crippen LogP contribution in [0.2, 0.25) is 0 Å². The second kappa shape index (κ2) is 7.04. The van der Waals surface area contributed by atoms with Gasteiger partial charge in [0.25, 0.3) is 17.6 Å². The summed E-state index contributed by atoms with van der Waals surface area (Å²) in [6.07, 6.45) is 0. The summed E-state index contributed by atoms with van der Waals surface area (Å²) in [4.78, 5) is 54.7. The van der Waals surface area contributed by atoms with Gasteiger partial charge in [0.1, 0.15) is 5.75 Å². The van der Waals surface area contributed by atoms with Crippen LogP contribution in [0.3, 0.4) is 0 Å². The summed E-state index contributed by atoms with van der Waals surface area (Å²) < 4.78 is 11.0. The molecular weight excluding hydrogens is 408 g/mol. The molecule has 0 saturated carbocycles. The van der Waals surface area contributed by atoms with Crippen molar-refractivity contribution in [1.82, 2.24) is 4.98 Å². The van der Waals surface area contributed by atoms with E-state index in [0.717, 1.165) is 4.90 Å². The number of hydrogen-bond donors (Lipinski definition) is 0. The Morgan fingerprint density at radius 1 is 1.23 bits per heavy atom. The zero-order chi connectivity index (χ0) is 22.5. The van der Waals surface area contributed by atoms with E-state index in [4.69, 9.17) is 9.47 Å². The van der Waals surface area contributed by atoms with Gasteiger partial charge in [-0.3, -0.25) is 19.3 Å². The highest BCUT2D eigenvalue weighted by molar-refractivity contribution is 6.09. The Morgan fingerprint density at radius 3 is 2.65 bits per heavy atom. The molecule has 11 heteroatoms. The van der Waals surface area contributed by atoms with Gasteiger partial charge in [-0.2, -0.15) is 0 Å². The molecule has 0 atom stereocenters. The van der Waals surface area contributed by atoms with Crippen molar-refractivity contribution in [3.05, 3.63) is 46.0 Å². The van der Waals surface area contributed by atoms with Gasteiger partial charge in [-0.1, -0.05) is 0 Å². The molecule has 4 rings (SSSR count). The van der Waals surface area contributed by atoms with E-state index in [-0.39, 0.29) is 29.6 Å². The number of amides is 2. The smallest absolute Gasteiger partial charge is 0.366 e. The molecular formula is C20H18N4O7. The van der Waals surface area contributed by atoms with Crippen LogP contribution in [0.5, 0.6) is 11.5 Å². The van der Waals surface area contributed by atoms with Crippen molar-refractivity contribution in [3.63, 3.8) is 0 Å².